The first-order valence-electron chi connectivity index (χ1n) is 14.3. The van der Waals surface area contributed by atoms with E-state index in [-0.39, 0.29) is 18.4 Å². The third-order valence-electron chi connectivity index (χ3n) is 11.8. The van der Waals surface area contributed by atoms with Crippen molar-refractivity contribution in [2.24, 2.45) is 28.1 Å². The fourth-order valence-corrected chi connectivity index (χ4v) is 9.69. The molecule has 2 aromatic rings. The van der Waals surface area contributed by atoms with E-state index in [4.69, 9.17) is 4.84 Å². The SMILES string of the molecule is C[C@]12C[C@H](O)[C@@]3(F)[C@@H](C[C@H](F)C4=CC(=O)C=C[C@@]43C)[C@]1(C)C[C@H]1CN(c3ccc4ncccc4c3)O[C@]12C(=O)CO. The van der Waals surface area contributed by atoms with Gasteiger partial charge in [-0.2, -0.15) is 0 Å². The van der Waals surface area contributed by atoms with Gasteiger partial charge < -0.3 is 10.2 Å². The van der Waals surface area contributed by atoms with Crippen molar-refractivity contribution < 1.29 is 33.4 Å². The number of halogens is 2. The number of aromatic nitrogens is 1. The van der Waals surface area contributed by atoms with Crippen LogP contribution in [0.15, 0.2) is 60.3 Å². The molecule has 2 N–H and O–H groups in total. The monoisotopic (exact) mass is 564 g/mol. The zero-order valence-electron chi connectivity index (χ0n) is 23.3. The van der Waals surface area contributed by atoms with Crippen molar-refractivity contribution in [3.8, 4) is 0 Å². The molecule has 0 amide bonds. The summed E-state index contributed by atoms with van der Waals surface area (Å²) >= 11 is 0. The maximum absolute atomic E-state index is 17.7. The van der Waals surface area contributed by atoms with Gasteiger partial charge in [-0.05, 0) is 73.6 Å². The zero-order valence-corrected chi connectivity index (χ0v) is 23.3. The van der Waals surface area contributed by atoms with Crippen LogP contribution in [0, 0.1) is 28.1 Å². The lowest BCUT2D eigenvalue weighted by molar-refractivity contribution is -0.256. The summed E-state index contributed by atoms with van der Waals surface area (Å²) in [5.41, 5.74) is -5.87. The smallest absolute Gasteiger partial charge is 0.193 e. The van der Waals surface area contributed by atoms with Gasteiger partial charge in [0, 0.05) is 34.2 Å². The number of carbonyl (C=O) groups excluding carboxylic acids is 2. The number of Topliss-reactive ketones (excluding diaryl/α,β-unsaturated/α-hetero) is 1. The molecule has 1 aromatic carbocycles. The number of rotatable bonds is 3. The molecule has 5 aliphatic rings. The number of nitrogens with zero attached hydrogens (tertiary/aromatic N) is 2. The predicted molar refractivity (Wildman–Crippen MR) is 147 cm³/mol. The number of hydrogen-bond donors (Lipinski definition) is 2. The second kappa shape index (κ2) is 8.30. The lowest BCUT2D eigenvalue weighted by Gasteiger charge is -2.67. The zero-order chi connectivity index (χ0) is 29.2. The molecule has 4 fully saturated rings. The minimum absolute atomic E-state index is 0.0579. The number of alkyl halides is 2. The Balaban J connectivity index is 1.34. The molecule has 7 nitrogen and oxygen atoms in total. The van der Waals surface area contributed by atoms with Crippen LogP contribution in [-0.2, 0) is 14.4 Å². The van der Waals surface area contributed by atoms with Crippen molar-refractivity contribution in [2.45, 2.75) is 63.6 Å². The van der Waals surface area contributed by atoms with Gasteiger partial charge in [-0.25, -0.2) is 8.78 Å². The summed E-state index contributed by atoms with van der Waals surface area (Å²) in [6.07, 6.45) is 2.38. The van der Waals surface area contributed by atoms with Crippen LogP contribution in [0.25, 0.3) is 10.9 Å². The van der Waals surface area contributed by atoms with Crippen molar-refractivity contribution in [1.29, 1.82) is 0 Å². The van der Waals surface area contributed by atoms with Crippen molar-refractivity contribution in [3.05, 3.63) is 60.3 Å². The van der Waals surface area contributed by atoms with Crippen LogP contribution in [0.1, 0.15) is 40.0 Å². The van der Waals surface area contributed by atoms with Crippen molar-refractivity contribution in [1.82, 2.24) is 4.98 Å². The summed E-state index contributed by atoms with van der Waals surface area (Å²) < 4.78 is 33.7. The summed E-state index contributed by atoms with van der Waals surface area (Å²) in [6.45, 7) is 4.81. The number of hydroxylamine groups is 1. The van der Waals surface area contributed by atoms with E-state index in [0.29, 0.717) is 18.7 Å². The molecule has 1 aliphatic heterocycles. The van der Waals surface area contributed by atoms with E-state index in [1.165, 1.54) is 18.2 Å². The standard InChI is InChI=1S/C32H34F2N2O5/c1-28-9-8-21(38)12-22(28)23(33)13-25-29(2)14-19-16-36(20-6-7-24-18(11-20)5-4-10-35-24)41-32(19,27(40)17-37)30(29,3)15-26(39)31(25,28)34/h4-12,19,23,25-26,37,39H,13-17H2,1-3H3/t19-,23-,25-,26-,28-,29-,30-,31-,32-/m0/s1. The Hall–Kier alpha value is -3.01. The molecule has 9 heteroatoms. The lowest BCUT2D eigenvalue weighted by atomic mass is 9.39. The Bertz CT molecular complexity index is 1560. The van der Waals surface area contributed by atoms with E-state index in [0.717, 1.165) is 10.9 Å². The number of carbonyl (C=O) groups is 2. The second-order valence-electron chi connectivity index (χ2n) is 13.3. The van der Waals surface area contributed by atoms with Crippen LogP contribution in [-0.4, -0.2) is 63.5 Å². The number of ketones is 2. The third kappa shape index (κ3) is 2.99. The first-order valence-corrected chi connectivity index (χ1v) is 14.3. The van der Waals surface area contributed by atoms with Crippen LogP contribution in [0.4, 0.5) is 14.5 Å². The van der Waals surface area contributed by atoms with Gasteiger partial charge in [0.2, 0.25) is 0 Å². The molecular weight excluding hydrogens is 530 g/mol. The van der Waals surface area contributed by atoms with Crippen molar-refractivity contribution >= 4 is 28.2 Å². The number of fused-ring (bicyclic) bond motifs is 8. The Morgan fingerprint density at radius 1 is 1.22 bits per heavy atom. The Morgan fingerprint density at radius 3 is 2.76 bits per heavy atom. The molecule has 216 valence electrons. The summed E-state index contributed by atoms with van der Waals surface area (Å²) in [6, 6.07) is 9.42. The molecule has 2 heterocycles. The van der Waals surface area contributed by atoms with E-state index in [1.54, 1.807) is 18.2 Å². The van der Waals surface area contributed by atoms with Gasteiger partial charge in [0.1, 0.15) is 12.8 Å². The maximum Gasteiger partial charge on any atom is 0.193 e. The fourth-order valence-electron chi connectivity index (χ4n) is 9.69. The van der Waals surface area contributed by atoms with Crippen LogP contribution in [0.5, 0.6) is 0 Å². The van der Waals surface area contributed by atoms with Gasteiger partial charge in [0.15, 0.2) is 22.8 Å². The minimum Gasteiger partial charge on any atom is -0.390 e. The van der Waals surface area contributed by atoms with Crippen molar-refractivity contribution in [2.75, 3.05) is 18.2 Å². The van der Waals surface area contributed by atoms with Gasteiger partial charge in [-0.3, -0.25) is 24.5 Å². The summed E-state index contributed by atoms with van der Waals surface area (Å²) in [7, 11) is 0. The Kier molecular flexibility index (Phi) is 5.44. The number of aliphatic hydroxyl groups excluding tert-OH is 2. The number of allylic oxidation sites excluding steroid dienone is 4. The maximum atomic E-state index is 17.7. The van der Waals surface area contributed by atoms with Crippen LogP contribution >= 0.6 is 0 Å². The molecular formula is C32H34F2N2O5. The molecule has 1 saturated heterocycles. The van der Waals surface area contributed by atoms with E-state index in [9.17, 15) is 19.8 Å². The largest absolute Gasteiger partial charge is 0.390 e. The van der Waals surface area contributed by atoms with Gasteiger partial charge in [0.05, 0.1) is 23.9 Å². The lowest BCUT2D eigenvalue weighted by Crippen LogP contribution is -2.73. The van der Waals surface area contributed by atoms with E-state index in [1.807, 2.05) is 44.2 Å². The Labute approximate surface area is 236 Å². The van der Waals surface area contributed by atoms with E-state index >= 15 is 8.78 Å². The van der Waals surface area contributed by atoms with Gasteiger partial charge >= 0.3 is 0 Å². The van der Waals surface area contributed by atoms with Crippen LogP contribution < -0.4 is 5.06 Å². The van der Waals surface area contributed by atoms with Crippen LogP contribution in [0.3, 0.4) is 0 Å². The third-order valence-corrected chi connectivity index (χ3v) is 11.8. The van der Waals surface area contributed by atoms with E-state index in [2.05, 4.69) is 4.98 Å². The molecule has 0 radical (unpaired) electrons. The first-order chi connectivity index (χ1) is 19.4. The number of aliphatic hydroxyl groups is 2. The minimum atomic E-state index is -2.28. The highest BCUT2D eigenvalue weighted by Crippen LogP contribution is 2.77. The van der Waals surface area contributed by atoms with Crippen molar-refractivity contribution in [3.63, 3.8) is 0 Å². The normalized spacial score (nSPS) is 44.7. The molecule has 1 aromatic heterocycles. The van der Waals surface area contributed by atoms with Crippen LogP contribution in [0.2, 0.25) is 0 Å². The first kappa shape index (κ1) is 26.9. The predicted octanol–water partition coefficient (Wildman–Crippen LogP) is 4.22. The molecule has 0 spiro atoms. The highest BCUT2D eigenvalue weighted by molar-refractivity contribution is 6.01. The van der Waals surface area contributed by atoms with Gasteiger partial charge in [-0.1, -0.05) is 26.0 Å². The quantitative estimate of drug-likeness (QED) is 0.576. The highest BCUT2D eigenvalue weighted by atomic mass is 19.1. The molecule has 4 aliphatic carbocycles. The average molecular weight is 565 g/mol. The molecule has 0 bridgehead atoms. The number of hydrogen-bond acceptors (Lipinski definition) is 7. The molecule has 0 unspecified atom stereocenters. The molecule has 7 rings (SSSR count). The number of benzene rings is 1. The van der Waals surface area contributed by atoms with Gasteiger partial charge in [0.25, 0.3) is 0 Å². The summed E-state index contributed by atoms with van der Waals surface area (Å²) in [5, 5.41) is 24.5. The molecule has 9 atom stereocenters. The topological polar surface area (TPSA) is 100.0 Å². The highest BCUT2D eigenvalue weighted by Gasteiger charge is 2.83. The molecule has 41 heavy (non-hydrogen) atoms. The second-order valence-corrected chi connectivity index (χ2v) is 13.3. The summed E-state index contributed by atoms with van der Waals surface area (Å²) in [5.74, 6) is -2.34. The van der Waals surface area contributed by atoms with E-state index < -0.39 is 69.8 Å². The Morgan fingerprint density at radius 2 is 2.00 bits per heavy atom. The number of anilines is 1. The fraction of sp³-hybridized carbons (Fsp3) is 0.531. The average Bonchev–Trinajstić information content (AvgIpc) is 3.42. The summed E-state index contributed by atoms with van der Waals surface area (Å²) in [4.78, 5) is 37.0. The van der Waals surface area contributed by atoms with Gasteiger partial charge in [-0.15, -0.1) is 0 Å². The number of pyridine rings is 1. The molecule has 3 saturated carbocycles.